The first kappa shape index (κ1) is 30.0. The van der Waals surface area contributed by atoms with Crippen LogP contribution >= 0.6 is 0 Å². The molecule has 0 bridgehead atoms. The maximum atomic E-state index is 16.7. The largest absolute Gasteiger partial charge is 0.266 e. The number of aryl methyl sites for hydroxylation is 1. The molecule has 0 spiro atoms. The summed E-state index contributed by atoms with van der Waals surface area (Å²) >= 11 is 0. The minimum absolute atomic E-state index is 0.0898. The third-order valence-electron chi connectivity index (χ3n) is 14.5. The highest BCUT2D eigenvalue weighted by molar-refractivity contribution is 6.15. The van der Waals surface area contributed by atoms with Crippen molar-refractivity contribution >= 4 is 37.8 Å². The predicted molar refractivity (Wildman–Crippen MR) is 205 cm³/mol. The fraction of sp³-hybridized carbons (Fsp3) is 0.333. The minimum Gasteiger partial charge on any atom is -0.207 e. The molecule has 4 heterocycles. The van der Waals surface area contributed by atoms with Crippen molar-refractivity contribution < 1.29 is 13.4 Å². The number of halogens is 1. The van der Waals surface area contributed by atoms with Gasteiger partial charge in [-0.05, 0) is 69.3 Å². The van der Waals surface area contributed by atoms with Crippen molar-refractivity contribution in [2.24, 2.45) is 0 Å². The predicted octanol–water partition coefficient (Wildman–Crippen LogP) is 10.8. The molecule has 3 aliphatic carbocycles. The average Bonchev–Trinajstić information content (AvgIpc) is 3.12. The molecule has 2 unspecified atom stereocenters. The number of benzene rings is 4. The van der Waals surface area contributed by atoms with E-state index in [0.29, 0.717) is 0 Å². The zero-order valence-corrected chi connectivity index (χ0v) is 30.9. The van der Waals surface area contributed by atoms with Crippen molar-refractivity contribution in [3.8, 4) is 11.3 Å². The van der Waals surface area contributed by atoms with Crippen LogP contribution in [-0.4, -0.2) is 0 Å². The maximum Gasteiger partial charge on any atom is 0.266 e. The van der Waals surface area contributed by atoms with Crippen molar-refractivity contribution in [1.29, 1.82) is 0 Å². The molecule has 4 aliphatic rings. The number of unbranched alkanes of at least 4 members (excludes halogenated alkanes) is 1. The van der Waals surface area contributed by atoms with Crippen LogP contribution in [-0.2, 0) is 28.2 Å². The molecule has 3 aromatic heterocycles. The van der Waals surface area contributed by atoms with Gasteiger partial charge in [-0.2, -0.15) is 8.97 Å². The second kappa shape index (κ2) is 9.23. The van der Waals surface area contributed by atoms with Gasteiger partial charge in [-0.25, -0.2) is 4.39 Å². The van der Waals surface area contributed by atoms with E-state index < -0.39 is 5.41 Å². The zero-order valence-electron chi connectivity index (χ0n) is 30.9. The van der Waals surface area contributed by atoms with E-state index in [9.17, 15) is 0 Å². The van der Waals surface area contributed by atoms with Crippen molar-refractivity contribution in [2.45, 2.75) is 102 Å². The summed E-state index contributed by atoms with van der Waals surface area (Å²) in [6.07, 6.45) is 9.99. The van der Waals surface area contributed by atoms with E-state index in [-0.39, 0.29) is 22.2 Å². The summed E-state index contributed by atoms with van der Waals surface area (Å²) in [6.45, 7) is 16.4. The number of nitrogens with zero attached hydrogens (tertiary/aromatic N) is 2. The molecular formula is C48H45FN2+2. The number of hydrogen-bond donors (Lipinski definition) is 0. The summed E-state index contributed by atoms with van der Waals surface area (Å²) < 4.78 is 22.0. The van der Waals surface area contributed by atoms with Gasteiger partial charge in [-0.3, -0.25) is 0 Å². The quantitative estimate of drug-likeness (QED) is 0.127. The zero-order chi connectivity index (χ0) is 35.0. The molecule has 2 atom stereocenters. The molecule has 0 saturated carbocycles. The van der Waals surface area contributed by atoms with Crippen LogP contribution in [0.25, 0.3) is 49.1 Å². The Labute approximate surface area is 299 Å². The Morgan fingerprint density at radius 1 is 0.647 bits per heavy atom. The smallest absolute Gasteiger partial charge is 0.207 e. The molecule has 1 aliphatic heterocycles. The summed E-state index contributed by atoms with van der Waals surface area (Å²) in [5.41, 5.74) is 12.8. The van der Waals surface area contributed by atoms with E-state index in [1.165, 1.54) is 82.6 Å². The number of hydrogen-bond acceptors (Lipinski definition) is 0. The number of fused-ring (bicyclic) bond motifs is 8. The lowest BCUT2D eigenvalue weighted by molar-refractivity contribution is -0.781. The molecule has 252 valence electrons. The van der Waals surface area contributed by atoms with E-state index >= 15 is 4.39 Å². The van der Waals surface area contributed by atoms with Gasteiger partial charge in [0.05, 0.1) is 27.3 Å². The van der Waals surface area contributed by atoms with Gasteiger partial charge in [0.15, 0.2) is 12.4 Å². The van der Waals surface area contributed by atoms with Crippen molar-refractivity contribution in [2.75, 3.05) is 0 Å². The second-order valence-electron chi connectivity index (χ2n) is 17.0. The van der Waals surface area contributed by atoms with Crippen LogP contribution in [0, 0.1) is 5.82 Å². The normalized spacial score (nSPS) is 22.2. The fourth-order valence-corrected chi connectivity index (χ4v) is 12.4. The van der Waals surface area contributed by atoms with E-state index in [1.54, 1.807) is 6.07 Å². The molecule has 2 nitrogen and oxygen atoms in total. The van der Waals surface area contributed by atoms with Crippen LogP contribution in [0.15, 0.2) is 85.2 Å². The van der Waals surface area contributed by atoms with Crippen molar-refractivity contribution in [3.63, 3.8) is 0 Å². The highest BCUT2D eigenvalue weighted by Crippen LogP contribution is 2.68. The van der Waals surface area contributed by atoms with Gasteiger partial charge in [0.2, 0.25) is 11.2 Å². The molecule has 4 aromatic carbocycles. The van der Waals surface area contributed by atoms with Crippen LogP contribution in [0.1, 0.15) is 119 Å². The first-order valence-electron chi connectivity index (χ1n) is 19.3. The molecule has 3 heteroatoms. The molecule has 0 radical (unpaired) electrons. The van der Waals surface area contributed by atoms with Crippen molar-refractivity contribution in [3.05, 3.63) is 136 Å². The summed E-state index contributed by atoms with van der Waals surface area (Å²) in [5, 5.41) is 8.10. The summed E-state index contributed by atoms with van der Waals surface area (Å²) in [5.74, 6) is -0.0898. The van der Waals surface area contributed by atoms with E-state index in [1.807, 2.05) is 0 Å². The third kappa shape index (κ3) is 2.94. The van der Waals surface area contributed by atoms with Gasteiger partial charge in [-0.15, -0.1) is 0 Å². The number of aromatic nitrogens is 2. The minimum atomic E-state index is -0.482. The van der Waals surface area contributed by atoms with Gasteiger partial charge in [-0.1, -0.05) is 109 Å². The van der Waals surface area contributed by atoms with E-state index in [0.717, 1.165) is 43.2 Å². The van der Waals surface area contributed by atoms with Gasteiger partial charge >= 0.3 is 0 Å². The molecule has 0 amide bonds. The number of pyridine rings is 3. The van der Waals surface area contributed by atoms with E-state index in [2.05, 4.69) is 137 Å². The van der Waals surface area contributed by atoms with Crippen LogP contribution in [0.3, 0.4) is 0 Å². The summed E-state index contributed by atoms with van der Waals surface area (Å²) in [6, 6.07) is 27.3. The Morgan fingerprint density at radius 3 is 2.16 bits per heavy atom. The lowest BCUT2D eigenvalue weighted by Crippen LogP contribution is -2.79. The second-order valence-corrected chi connectivity index (χ2v) is 17.0. The Morgan fingerprint density at radius 2 is 1.39 bits per heavy atom. The molecular weight excluding hydrogens is 624 g/mol. The Hall–Kier alpha value is -4.63. The number of rotatable bonds is 5. The highest BCUT2D eigenvalue weighted by Gasteiger charge is 2.79. The first-order chi connectivity index (χ1) is 24.6. The van der Waals surface area contributed by atoms with Crippen molar-refractivity contribution in [1.82, 2.24) is 0 Å². The van der Waals surface area contributed by atoms with Gasteiger partial charge < -0.3 is 0 Å². The Kier molecular flexibility index (Phi) is 5.44. The van der Waals surface area contributed by atoms with Gasteiger partial charge in [0.25, 0.3) is 11.2 Å². The molecule has 11 rings (SSSR count). The molecule has 0 saturated heterocycles. The molecule has 7 aromatic rings. The van der Waals surface area contributed by atoms with E-state index in [4.69, 9.17) is 0 Å². The van der Waals surface area contributed by atoms with Gasteiger partial charge in [0, 0.05) is 34.9 Å². The van der Waals surface area contributed by atoms with Crippen LogP contribution in [0.4, 0.5) is 4.39 Å². The molecule has 51 heavy (non-hydrogen) atoms. The average molecular weight is 669 g/mol. The first-order valence-corrected chi connectivity index (χ1v) is 19.3. The molecule has 0 fully saturated rings. The van der Waals surface area contributed by atoms with Crippen LogP contribution in [0.2, 0.25) is 0 Å². The summed E-state index contributed by atoms with van der Waals surface area (Å²) in [7, 11) is 0. The van der Waals surface area contributed by atoms with Crippen LogP contribution < -0.4 is 8.97 Å². The Balaban J connectivity index is 1.40. The standard InChI is InChI=1S/C48H45FN2/c1-8-11-14-27-19-20-33-37-29(27)24-26-51-43(37)39-34(21-22-35(49)41(39)46(33,6)7)47(9-2)40-30-16-13-18-32-38(30)42-36-28(15-12-17-31(36)45(32,4)5)23-25-50(42)44(40)48(47,51)10-3/h12-13,15-26H,8-11,14H2,1-7H3/q+2. The highest BCUT2D eigenvalue weighted by atomic mass is 19.1. The SMILES string of the molecule is CCCCc1ccc2c3c4[n+](ccc13)C1(CC)c3c(c5cccc6c5c5c7c(cccc7cc[n+]35)C6(C)C)C1(CC)c1ccc(F)c(c1-4)C2(C)C. The van der Waals surface area contributed by atoms with Crippen LogP contribution in [0.5, 0.6) is 0 Å². The Bertz CT molecular complexity index is 2790. The lowest BCUT2D eigenvalue weighted by atomic mass is 9.44. The monoisotopic (exact) mass is 668 g/mol. The maximum absolute atomic E-state index is 16.7. The third-order valence-corrected chi connectivity index (χ3v) is 14.5. The molecule has 0 N–H and O–H groups in total. The van der Waals surface area contributed by atoms with Gasteiger partial charge in [0.1, 0.15) is 11.2 Å². The fourth-order valence-electron chi connectivity index (χ4n) is 12.4. The topological polar surface area (TPSA) is 7.98 Å². The lowest BCUT2D eigenvalue weighted by Gasteiger charge is -2.56. The summed E-state index contributed by atoms with van der Waals surface area (Å²) in [4.78, 5) is 0.